The second kappa shape index (κ2) is 6.30. The first-order valence-electron chi connectivity index (χ1n) is 5.07. The molecule has 0 aliphatic carbocycles. The molecule has 0 aliphatic heterocycles. The standard InChI is InChI=1S/C12H15F2N/c1-2-8-15-9-4-5-10-11(13)6-3-7-12(10)14/h3-7,15H,2,8-9H2,1H3. The van der Waals surface area contributed by atoms with Crippen LogP contribution in [0.2, 0.25) is 0 Å². The van der Waals surface area contributed by atoms with Gasteiger partial charge in [-0.1, -0.05) is 25.1 Å². The number of hydrogen-bond donors (Lipinski definition) is 1. The Morgan fingerprint density at radius 3 is 2.53 bits per heavy atom. The number of benzene rings is 1. The average molecular weight is 211 g/mol. The highest BCUT2D eigenvalue weighted by Crippen LogP contribution is 2.13. The van der Waals surface area contributed by atoms with Crippen LogP contribution >= 0.6 is 0 Å². The molecule has 0 aliphatic rings. The largest absolute Gasteiger partial charge is 0.313 e. The summed E-state index contributed by atoms with van der Waals surface area (Å²) in [4.78, 5) is 0. The van der Waals surface area contributed by atoms with Crippen LogP contribution in [0.25, 0.3) is 6.08 Å². The molecule has 0 saturated heterocycles. The van der Waals surface area contributed by atoms with Gasteiger partial charge in [0.15, 0.2) is 0 Å². The van der Waals surface area contributed by atoms with Gasteiger partial charge in [-0.3, -0.25) is 0 Å². The zero-order chi connectivity index (χ0) is 11.1. The number of hydrogen-bond acceptors (Lipinski definition) is 1. The van der Waals surface area contributed by atoms with E-state index >= 15 is 0 Å². The van der Waals surface area contributed by atoms with Crippen LogP contribution in [0.5, 0.6) is 0 Å². The third kappa shape index (κ3) is 3.80. The Balaban J connectivity index is 2.56. The van der Waals surface area contributed by atoms with Gasteiger partial charge in [-0.25, -0.2) is 8.78 Å². The van der Waals surface area contributed by atoms with E-state index in [1.165, 1.54) is 24.3 Å². The molecule has 1 aromatic rings. The van der Waals surface area contributed by atoms with E-state index in [9.17, 15) is 8.78 Å². The van der Waals surface area contributed by atoms with Crippen molar-refractivity contribution in [2.75, 3.05) is 13.1 Å². The van der Waals surface area contributed by atoms with E-state index in [1.807, 2.05) is 0 Å². The lowest BCUT2D eigenvalue weighted by Gasteiger charge is -1.99. The van der Waals surface area contributed by atoms with Gasteiger partial charge in [0.25, 0.3) is 0 Å². The van der Waals surface area contributed by atoms with Gasteiger partial charge in [-0.05, 0) is 25.1 Å². The maximum absolute atomic E-state index is 13.1. The summed E-state index contributed by atoms with van der Waals surface area (Å²) in [5, 5.41) is 3.11. The van der Waals surface area contributed by atoms with Gasteiger partial charge in [0.2, 0.25) is 0 Å². The van der Waals surface area contributed by atoms with Crippen LogP contribution in [0.3, 0.4) is 0 Å². The third-order valence-electron chi connectivity index (χ3n) is 1.97. The van der Waals surface area contributed by atoms with E-state index in [1.54, 1.807) is 6.08 Å². The lowest BCUT2D eigenvalue weighted by Crippen LogP contribution is -2.13. The summed E-state index contributed by atoms with van der Waals surface area (Å²) in [6.45, 7) is 3.60. The van der Waals surface area contributed by atoms with Gasteiger partial charge >= 0.3 is 0 Å². The molecule has 1 aromatic carbocycles. The van der Waals surface area contributed by atoms with Crippen LogP contribution in [-0.4, -0.2) is 13.1 Å². The van der Waals surface area contributed by atoms with Crippen LogP contribution in [0, 0.1) is 11.6 Å². The smallest absolute Gasteiger partial charge is 0.133 e. The molecule has 1 nitrogen and oxygen atoms in total. The highest BCUT2D eigenvalue weighted by molar-refractivity contribution is 5.50. The minimum atomic E-state index is -0.526. The number of nitrogens with one attached hydrogen (secondary N) is 1. The molecule has 0 fully saturated rings. The molecular weight excluding hydrogens is 196 g/mol. The third-order valence-corrected chi connectivity index (χ3v) is 1.97. The average Bonchev–Trinajstić information content (AvgIpc) is 2.21. The van der Waals surface area contributed by atoms with Crippen molar-refractivity contribution in [1.82, 2.24) is 5.32 Å². The molecule has 1 rings (SSSR count). The molecule has 0 heterocycles. The van der Waals surface area contributed by atoms with Crippen molar-refractivity contribution in [2.24, 2.45) is 0 Å². The van der Waals surface area contributed by atoms with Crippen LogP contribution in [-0.2, 0) is 0 Å². The SMILES string of the molecule is CCCNCC=Cc1c(F)cccc1F. The molecule has 0 atom stereocenters. The zero-order valence-electron chi connectivity index (χ0n) is 8.76. The Morgan fingerprint density at radius 2 is 1.93 bits per heavy atom. The number of halogens is 2. The Bertz CT molecular complexity index is 314. The minimum absolute atomic E-state index is 0.0239. The van der Waals surface area contributed by atoms with Gasteiger partial charge < -0.3 is 5.32 Å². The summed E-state index contributed by atoms with van der Waals surface area (Å²) in [5.41, 5.74) is 0.0239. The molecule has 0 bridgehead atoms. The monoisotopic (exact) mass is 211 g/mol. The van der Waals surface area contributed by atoms with Crippen molar-refractivity contribution >= 4 is 6.08 Å². The summed E-state index contributed by atoms with van der Waals surface area (Å²) < 4.78 is 26.2. The van der Waals surface area contributed by atoms with Crippen molar-refractivity contribution in [3.8, 4) is 0 Å². The van der Waals surface area contributed by atoms with Gasteiger partial charge in [0.1, 0.15) is 11.6 Å². The highest BCUT2D eigenvalue weighted by atomic mass is 19.1. The zero-order valence-corrected chi connectivity index (χ0v) is 8.76. The van der Waals surface area contributed by atoms with Crippen molar-refractivity contribution < 1.29 is 8.78 Å². The van der Waals surface area contributed by atoms with E-state index in [0.29, 0.717) is 6.54 Å². The van der Waals surface area contributed by atoms with Crippen LogP contribution in [0.4, 0.5) is 8.78 Å². The molecule has 0 spiro atoms. The molecule has 82 valence electrons. The van der Waals surface area contributed by atoms with Crippen LogP contribution in [0.15, 0.2) is 24.3 Å². The quantitative estimate of drug-likeness (QED) is 0.738. The highest BCUT2D eigenvalue weighted by Gasteiger charge is 2.03. The van der Waals surface area contributed by atoms with Crippen molar-refractivity contribution in [3.63, 3.8) is 0 Å². The Hall–Kier alpha value is -1.22. The molecule has 0 saturated carbocycles. The van der Waals surface area contributed by atoms with Gasteiger partial charge in [0.05, 0.1) is 0 Å². The molecule has 0 unspecified atom stereocenters. The molecule has 0 radical (unpaired) electrons. The lowest BCUT2D eigenvalue weighted by atomic mass is 10.2. The fraction of sp³-hybridized carbons (Fsp3) is 0.333. The van der Waals surface area contributed by atoms with E-state index in [2.05, 4.69) is 12.2 Å². The maximum atomic E-state index is 13.1. The Morgan fingerprint density at radius 1 is 1.27 bits per heavy atom. The molecular formula is C12H15F2N. The predicted octanol–water partition coefficient (Wildman–Crippen LogP) is 2.98. The van der Waals surface area contributed by atoms with Crippen molar-refractivity contribution in [2.45, 2.75) is 13.3 Å². The van der Waals surface area contributed by atoms with E-state index in [0.717, 1.165) is 13.0 Å². The van der Waals surface area contributed by atoms with E-state index < -0.39 is 11.6 Å². The predicted molar refractivity (Wildman–Crippen MR) is 58.6 cm³/mol. The van der Waals surface area contributed by atoms with Gasteiger partial charge in [-0.15, -0.1) is 0 Å². The van der Waals surface area contributed by atoms with E-state index in [-0.39, 0.29) is 5.56 Å². The van der Waals surface area contributed by atoms with Crippen molar-refractivity contribution in [1.29, 1.82) is 0 Å². The Labute approximate surface area is 88.8 Å². The van der Waals surface area contributed by atoms with E-state index in [4.69, 9.17) is 0 Å². The molecule has 1 N–H and O–H groups in total. The summed E-state index contributed by atoms with van der Waals surface area (Å²) in [6, 6.07) is 3.86. The summed E-state index contributed by atoms with van der Waals surface area (Å²) in [7, 11) is 0. The maximum Gasteiger partial charge on any atom is 0.133 e. The second-order valence-electron chi connectivity index (χ2n) is 3.24. The minimum Gasteiger partial charge on any atom is -0.313 e. The molecule has 0 amide bonds. The fourth-order valence-electron chi connectivity index (χ4n) is 1.21. The second-order valence-corrected chi connectivity index (χ2v) is 3.24. The molecule has 3 heteroatoms. The Kier molecular flexibility index (Phi) is 4.98. The van der Waals surface area contributed by atoms with Crippen LogP contribution < -0.4 is 5.32 Å². The fourth-order valence-corrected chi connectivity index (χ4v) is 1.21. The topological polar surface area (TPSA) is 12.0 Å². The summed E-state index contributed by atoms with van der Waals surface area (Å²) in [6.07, 6.45) is 4.23. The summed E-state index contributed by atoms with van der Waals surface area (Å²) in [5.74, 6) is -1.05. The first-order valence-corrected chi connectivity index (χ1v) is 5.07. The first kappa shape index (κ1) is 11.9. The molecule has 0 aromatic heterocycles. The van der Waals surface area contributed by atoms with Crippen molar-refractivity contribution in [3.05, 3.63) is 41.5 Å². The lowest BCUT2D eigenvalue weighted by molar-refractivity contribution is 0.578. The summed E-state index contributed by atoms with van der Waals surface area (Å²) >= 11 is 0. The number of rotatable bonds is 5. The van der Waals surface area contributed by atoms with Crippen LogP contribution in [0.1, 0.15) is 18.9 Å². The van der Waals surface area contributed by atoms with Gasteiger partial charge in [-0.2, -0.15) is 0 Å². The first-order chi connectivity index (χ1) is 7.25. The van der Waals surface area contributed by atoms with Gasteiger partial charge in [0, 0.05) is 12.1 Å². The normalized spacial score (nSPS) is 11.1. The molecule has 15 heavy (non-hydrogen) atoms.